The molecule has 164 valence electrons. The van der Waals surface area contributed by atoms with Crippen LogP contribution in [-0.4, -0.2) is 43.9 Å². The lowest BCUT2D eigenvalue weighted by molar-refractivity contribution is 0.384. The number of hydrogen-bond acceptors (Lipinski definition) is 5. The molecule has 1 aliphatic heterocycles. The predicted octanol–water partition coefficient (Wildman–Crippen LogP) is 5.86. The van der Waals surface area contributed by atoms with Gasteiger partial charge in [-0.3, -0.25) is 0 Å². The standard InChI is InChI=1S/C20H17Cl4N3O2S2/c21-14-2-1-13(17(23)10-14)9-16-12-30-20(25-16)26-5-7-27(8-6-26)31(28,29)19-4-3-15(22)11-18(19)24/h1-4,10-12H,5-9H2. The van der Waals surface area contributed by atoms with Crippen molar-refractivity contribution in [3.63, 3.8) is 0 Å². The van der Waals surface area contributed by atoms with Crippen molar-refractivity contribution < 1.29 is 8.42 Å². The van der Waals surface area contributed by atoms with Gasteiger partial charge in [-0.15, -0.1) is 11.3 Å². The summed E-state index contributed by atoms with van der Waals surface area (Å²) in [6, 6.07) is 9.84. The van der Waals surface area contributed by atoms with Crippen molar-refractivity contribution >= 4 is 72.9 Å². The van der Waals surface area contributed by atoms with E-state index in [4.69, 9.17) is 51.4 Å². The predicted molar refractivity (Wildman–Crippen MR) is 129 cm³/mol. The number of benzene rings is 2. The number of nitrogens with zero attached hydrogens (tertiary/aromatic N) is 3. The first-order valence-electron chi connectivity index (χ1n) is 9.32. The second-order valence-electron chi connectivity index (χ2n) is 7.00. The minimum atomic E-state index is -3.69. The maximum atomic E-state index is 13.0. The van der Waals surface area contributed by atoms with Gasteiger partial charge in [0.2, 0.25) is 10.0 Å². The first-order chi connectivity index (χ1) is 14.7. The van der Waals surface area contributed by atoms with Crippen LogP contribution in [0.4, 0.5) is 5.13 Å². The van der Waals surface area contributed by atoms with Crippen LogP contribution in [0, 0.1) is 0 Å². The minimum absolute atomic E-state index is 0.0726. The molecule has 4 rings (SSSR count). The fourth-order valence-electron chi connectivity index (χ4n) is 3.33. The summed E-state index contributed by atoms with van der Waals surface area (Å²) in [5.74, 6) is 0. The Labute approximate surface area is 205 Å². The van der Waals surface area contributed by atoms with Crippen LogP contribution in [-0.2, 0) is 16.4 Å². The van der Waals surface area contributed by atoms with Crippen LogP contribution in [0.2, 0.25) is 20.1 Å². The van der Waals surface area contributed by atoms with Gasteiger partial charge in [-0.2, -0.15) is 4.31 Å². The van der Waals surface area contributed by atoms with Crippen molar-refractivity contribution in [2.45, 2.75) is 11.3 Å². The number of thiazole rings is 1. The molecule has 0 radical (unpaired) electrons. The van der Waals surface area contributed by atoms with Gasteiger partial charge in [0.15, 0.2) is 5.13 Å². The minimum Gasteiger partial charge on any atom is -0.345 e. The van der Waals surface area contributed by atoms with Crippen molar-refractivity contribution in [3.8, 4) is 0 Å². The van der Waals surface area contributed by atoms with Gasteiger partial charge in [-0.25, -0.2) is 13.4 Å². The molecule has 1 fully saturated rings. The van der Waals surface area contributed by atoms with Crippen molar-refractivity contribution in [2.24, 2.45) is 0 Å². The first-order valence-corrected chi connectivity index (χ1v) is 13.2. The monoisotopic (exact) mass is 535 g/mol. The molecule has 0 unspecified atom stereocenters. The smallest absolute Gasteiger partial charge is 0.244 e. The normalized spacial score (nSPS) is 15.4. The van der Waals surface area contributed by atoms with Crippen molar-refractivity contribution in [3.05, 3.63) is 73.1 Å². The number of sulfonamides is 1. The molecule has 31 heavy (non-hydrogen) atoms. The van der Waals surface area contributed by atoms with Crippen LogP contribution in [0.5, 0.6) is 0 Å². The summed E-state index contributed by atoms with van der Waals surface area (Å²) in [4.78, 5) is 6.87. The average molecular weight is 537 g/mol. The lowest BCUT2D eigenvalue weighted by Crippen LogP contribution is -2.48. The number of anilines is 1. The summed E-state index contributed by atoms with van der Waals surface area (Å²) < 4.78 is 27.4. The Balaban J connectivity index is 1.42. The van der Waals surface area contributed by atoms with E-state index in [1.165, 1.54) is 33.8 Å². The van der Waals surface area contributed by atoms with Crippen molar-refractivity contribution in [1.82, 2.24) is 9.29 Å². The largest absolute Gasteiger partial charge is 0.345 e. The zero-order chi connectivity index (χ0) is 22.2. The van der Waals surface area contributed by atoms with E-state index in [1.807, 2.05) is 17.5 Å². The molecule has 2 aromatic carbocycles. The highest BCUT2D eigenvalue weighted by molar-refractivity contribution is 7.89. The Morgan fingerprint density at radius 2 is 1.55 bits per heavy atom. The van der Waals surface area contributed by atoms with Crippen LogP contribution in [0.1, 0.15) is 11.3 Å². The molecule has 3 aromatic rings. The maximum absolute atomic E-state index is 13.0. The Bertz CT molecular complexity index is 1210. The quantitative estimate of drug-likeness (QED) is 0.410. The van der Waals surface area contributed by atoms with E-state index in [0.717, 1.165) is 16.4 Å². The summed E-state index contributed by atoms with van der Waals surface area (Å²) in [5, 5.41) is 4.59. The van der Waals surface area contributed by atoms with Crippen molar-refractivity contribution in [2.75, 3.05) is 31.1 Å². The topological polar surface area (TPSA) is 53.5 Å². The molecular formula is C20H17Cl4N3O2S2. The third kappa shape index (κ3) is 5.14. The number of halogens is 4. The van der Waals surface area contributed by atoms with Crippen molar-refractivity contribution in [1.29, 1.82) is 0 Å². The van der Waals surface area contributed by atoms with Crippen LogP contribution in [0.3, 0.4) is 0 Å². The average Bonchev–Trinajstić information content (AvgIpc) is 3.18. The van der Waals surface area contributed by atoms with Gasteiger partial charge in [0.1, 0.15) is 4.90 Å². The molecule has 2 heterocycles. The van der Waals surface area contributed by atoms with Gasteiger partial charge in [0.25, 0.3) is 0 Å². The molecule has 0 atom stereocenters. The van der Waals surface area contributed by atoms with Crippen LogP contribution in [0.25, 0.3) is 0 Å². The highest BCUT2D eigenvalue weighted by atomic mass is 35.5. The van der Waals surface area contributed by atoms with Gasteiger partial charge in [0, 0.05) is 53.0 Å². The Morgan fingerprint density at radius 1 is 0.903 bits per heavy atom. The van der Waals surface area contributed by atoms with Crippen LogP contribution < -0.4 is 4.90 Å². The molecule has 0 aliphatic carbocycles. The first kappa shape index (κ1) is 23.1. The summed E-state index contributed by atoms with van der Waals surface area (Å²) in [7, 11) is -3.69. The Kier molecular flexibility index (Phi) is 7.03. The molecular weight excluding hydrogens is 520 g/mol. The van der Waals surface area contributed by atoms with Gasteiger partial charge in [-0.1, -0.05) is 52.5 Å². The summed E-state index contributed by atoms with van der Waals surface area (Å²) >= 11 is 25.8. The molecule has 11 heteroatoms. The molecule has 0 spiro atoms. The lowest BCUT2D eigenvalue weighted by atomic mass is 10.1. The molecule has 0 amide bonds. The van der Waals surface area contributed by atoms with Gasteiger partial charge in [-0.05, 0) is 35.9 Å². The Morgan fingerprint density at radius 3 is 2.19 bits per heavy atom. The van der Waals surface area contributed by atoms with Crippen LogP contribution in [0.15, 0.2) is 46.7 Å². The maximum Gasteiger partial charge on any atom is 0.244 e. The lowest BCUT2D eigenvalue weighted by Gasteiger charge is -2.33. The van der Waals surface area contributed by atoms with E-state index >= 15 is 0 Å². The van der Waals surface area contributed by atoms with E-state index in [-0.39, 0.29) is 9.92 Å². The fraction of sp³-hybridized carbons (Fsp3) is 0.250. The van der Waals surface area contributed by atoms with E-state index in [1.54, 1.807) is 6.07 Å². The Hall–Kier alpha value is -1.06. The number of aromatic nitrogens is 1. The van der Waals surface area contributed by atoms with Gasteiger partial charge < -0.3 is 4.90 Å². The second kappa shape index (κ2) is 9.43. The molecule has 1 aromatic heterocycles. The SMILES string of the molecule is O=S(=O)(c1ccc(Cl)cc1Cl)N1CCN(c2nc(Cc3ccc(Cl)cc3Cl)cs2)CC1. The molecule has 1 saturated heterocycles. The number of rotatable bonds is 5. The third-order valence-corrected chi connectivity index (χ3v) is 9.10. The third-order valence-electron chi connectivity index (χ3n) is 4.95. The molecule has 5 nitrogen and oxygen atoms in total. The van der Waals surface area contributed by atoms with E-state index in [2.05, 4.69) is 4.90 Å². The fourth-order valence-corrected chi connectivity index (χ4v) is 6.85. The molecule has 0 bridgehead atoms. The summed E-state index contributed by atoms with van der Waals surface area (Å²) in [5.41, 5.74) is 1.87. The summed E-state index contributed by atoms with van der Waals surface area (Å²) in [6.07, 6.45) is 0.607. The van der Waals surface area contributed by atoms with Gasteiger partial charge in [0.05, 0.1) is 10.7 Å². The summed E-state index contributed by atoms with van der Waals surface area (Å²) in [6.45, 7) is 1.77. The van der Waals surface area contributed by atoms with Crippen LogP contribution >= 0.6 is 57.7 Å². The van der Waals surface area contributed by atoms with E-state index in [0.29, 0.717) is 47.7 Å². The second-order valence-corrected chi connectivity index (χ2v) is 11.4. The number of hydrogen-bond donors (Lipinski definition) is 0. The van der Waals surface area contributed by atoms with E-state index in [9.17, 15) is 8.42 Å². The molecule has 0 saturated carbocycles. The highest BCUT2D eigenvalue weighted by Crippen LogP contribution is 2.30. The highest BCUT2D eigenvalue weighted by Gasteiger charge is 2.31. The zero-order valence-corrected chi connectivity index (χ0v) is 20.7. The number of piperazine rings is 1. The zero-order valence-electron chi connectivity index (χ0n) is 16.1. The molecule has 1 aliphatic rings. The van der Waals surface area contributed by atoms with E-state index < -0.39 is 10.0 Å². The van der Waals surface area contributed by atoms with Gasteiger partial charge >= 0.3 is 0 Å². The molecule has 0 N–H and O–H groups in total.